The van der Waals surface area contributed by atoms with Gasteiger partial charge in [-0.1, -0.05) is 37.3 Å². The highest BCUT2D eigenvalue weighted by molar-refractivity contribution is 6.03. The van der Waals surface area contributed by atoms with Gasteiger partial charge in [0.1, 0.15) is 11.6 Å². The number of carbonyl (C=O) groups excluding carboxylic acids is 3. The number of aliphatic hydroxyl groups is 1. The highest BCUT2D eigenvalue weighted by Crippen LogP contribution is 2.59. The van der Waals surface area contributed by atoms with Crippen molar-refractivity contribution in [3.8, 4) is 0 Å². The van der Waals surface area contributed by atoms with Crippen LogP contribution in [0.2, 0.25) is 0 Å². The number of aliphatic hydroxyl groups excluding tert-OH is 1. The van der Waals surface area contributed by atoms with E-state index in [0.717, 1.165) is 30.8 Å². The van der Waals surface area contributed by atoms with E-state index in [9.17, 15) is 19.5 Å². The average Bonchev–Trinajstić information content (AvgIpc) is 3.64. The second kappa shape index (κ2) is 12.2. The fourth-order valence-corrected chi connectivity index (χ4v) is 7.14. The second-order valence-corrected chi connectivity index (χ2v) is 11.3. The molecule has 6 atom stereocenters. The maximum atomic E-state index is 14.3. The zero-order valence-corrected chi connectivity index (χ0v) is 24.2. The van der Waals surface area contributed by atoms with Gasteiger partial charge >= 0.3 is 0 Å². The van der Waals surface area contributed by atoms with Crippen LogP contribution in [-0.4, -0.2) is 77.8 Å². The van der Waals surface area contributed by atoms with Gasteiger partial charge in [0.15, 0.2) is 0 Å². The Morgan fingerprint density at radius 3 is 2.41 bits per heavy atom. The molecule has 0 radical (unpaired) electrons. The van der Waals surface area contributed by atoms with Gasteiger partial charge in [-0.05, 0) is 69.4 Å². The molecule has 220 valence electrons. The van der Waals surface area contributed by atoms with E-state index in [1.165, 1.54) is 4.90 Å². The van der Waals surface area contributed by atoms with Gasteiger partial charge in [-0.2, -0.15) is 0 Å². The Hall–Kier alpha value is -3.43. The minimum absolute atomic E-state index is 0.201. The van der Waals surface area contributed by atoms with Gasteiger partial charge in [-0.15, -0.1) is 0 Å². The smallest absolute Gasteiger partial charge is 0.250 e. The minimum atomic E-state index is -1.12. The first-order valence-electron chi connectivity index (χ1n) is 15.0. The van der Waals surface area contributed by atoms with Gasteiger partial charge in [-0.25, -0.2) is 0 Å². The van der Waals surface area contributed by atoms with Gasteiger partial charge in [-0.3, -0.25) is 14.4 Å². The topological polar surface area (TPSA) is 111 Å². The van der Waals surface area contributed by atoms with Gasteiger partial charge in [0, 0.05) is 31.0 Å². The van der Waals surface area contributed by atoms with Crippen molar-refractivity contribution in [2.45, 2.75) is 70.2 Å². The minimum Gasteiger partial charge on any atom is -0.394 e. The summed E-state index contributed by atoms with van der Waals surface area (Å²) >= 11 is 0. The number of rotatable bonds is 12. The predicted molar refractivity (Wildman–Crippen MR) is 157 cm³/mol. The third-order valence-corrected chi connectivity index (χ3v) is 9.02. The molecule has 2 unspecified atom stereocenters. The van der Waals surface area contributed by atoms with Gasteiger partial charge in [0.05, 0.1) is 30.6 Å². The molecule has 1 spiro atoms. The molecule has 2 bridgehead atoms. The average molecular weight is 563 g/mol. The first-order chi connectivity index (χ1) is 19.9. The molecule has 5 rings (SSSR count). The van der Waals surface area contributed by atoms with E-state index in [0.29, 0.717) is 31.5 Å². The fraction of sp³-hybridized carbons (Fsp3) is 0.531. The van der Waals surface area contributed by atoms with Crippen LogP contribution >= 0.6 is 0 Å². The summed E-state index contributed by atoms with van der Waals surface area (Å²) in [5.41, 5.74) is 1.51. The lowest BCUT2D eigenvalue weighted by atomic mass is 9.70. The quantitative estimate of drug-likeness (QED) is 0.367. The van der Waals surface area contributed by atoms with Gasteiger partial charge < -0.3 is 30.3 Å². The maximum absolute atomic E-state index is 14.3. The highest BCUT2D eigenvalue weighted by Gasteiger charge is 2.75. The molecule has 3 aliphatic rings. The zero-order valence-electron chi connectivity index (χ0n) is 24.2. The normalized spacial score (nSPS) is 27.0. The van der Waals surface area contributed by atoms with Crippen LogP contribution in [0.5, 0.6) is 0 Å². The van der Waals surface area contributed by atoms with Crippen molar-refractivity contribution < 1.29 is 24.2 Å². The van der Waals surface area contributed by atoms with Crippen molar-refractivity contribution in [2.75, 3.05) is 36.5 Å². The summed E-state index contributed by atoms with van der Waals surface area (Å²) in [6, 6.07) is 15.7. The Labute approximate surface area is 242 Å². The summed E-state index contributed by atoms with van der Waals surface area (Å²) in [5, 5.41) is 16.5. The molecule has 3 fully saturated rings. The Balaban J connectivity index is 1.48. The lowest BCUT2D eigenvalue weighted by Gasteiger charge is -2.36. The van der Waals surface area contributed by atoms with E-state index in [1.807, 2.05) is 61.5 Å². The number of hydrogen-bond acceptors (Lipinski definition) is 6. The van der Waals surface area contributed by atoms with Crippen molar-refractivity contribution in [1.82, 2.24) is 10.2 Å². The molecule has 3 amide bonds. The largest absolute Gasteiger partial charge is 0.394 e. The molecule has 0 aliphatic carbocycles. The highest BCUT2D eigenvalue weighted by atomic mass is 16.5. The van der Waals surface area contributed by atoms with Crippen LogP contribution in [0.3, 0.4) is 0 Å². The molecule has 9 heteroatoms. The summed E-state index contributed by atoms with van der Waals surface area (Å²) in [6.07, 6.45) is 1.86. The van der Waals surface area contributed by atoms with Crippen LogP contribution in [0.1, 0.15) is 45.6 Å². The molecule has 0 saturated carbocycles. The van der Waals surface area contributed by atoms with E-state index < -0.39 is 35.6 Å². The maximum Gasteiger partial charge on any atom is 0.250 e. The molecule has 3 saturated heterocycles. The van der Waals surface area contributed by atoms with Crippen LogP contribution in [0.25, 0.3) is 0 Å². The number of nitrogens with one attached hydrogen (secondary N) is 2. The van der Waals surface area contributed by atoms with Crippen LogP contribution in [-0.2, 0) is 25.5 Å². The summed E-state index contributed by atoms with van der Waals surface area (Å²) in [4.78, 5) is 45.5. The third-order valence-electron chi connectivity index (χ3n) is 9.02. The summed E-state index contributed by atoms with van der Waals surface area (Å²) in [6.45, 7) is 8.12. The summed E-state index contributed by atoms with van der Waals surface area (Å²) in [7, 11) is 0. The SMILES string of the molecule is CCCNC(=O)[C@@H]1[C@H]2C(=O)N([C@@H](CO)Cc3ccccc3)C(C(=O)Nc3ccc(N(CC)CC)cc3)C23CC[C@H]1O3. The summed E-state index contributed by atoms with van der Waals surface area (Å²) < 4.78 is 6.52. The molecule has 3 heterocycles. The lowest BCUT2D eigenvalue weighted by Crippen LogP contribution is -2.56. The van der Waals surface area contributed by atoms with E-state index in [1.54, 1.807) is 0 Å². The molecular weight excluding hydrogens is 520 g/mol. The van der Waals surface area contributed by atoms with Crippen molar-refractivity contribution in [3.63, 3.8) is 0 Å². The van der Waals surface area contributed by atoms with Crippen molar-refractivity contribution in [3.05, 3.63) is 60.2 Å². The molecule has 9 nitrogen and oxygen atoms in total. The monoisotopic (exact) mass is 562 g/mol. The molecule has 41 heavy (non-hydrogen) atoms. The molecule has 0 aromatic heterocycles. The molecule has 3 N–H and O–H groups in total. The van der Waals surface area contributed by atoms with Crippen LogP contribution in [0.4, 0.5) is 11.4 Å². The number of likely N-dealkylation sites (tertiary alicyclic amines) is 1. The number of carbonyl (C=O) groups is 3. The number of benzene rings is 2. The third kappa shape index (κ3) is 5.21. The Bertz CT molecular complexity index is 1230. The molecule has 3 aliphatic heterocycles. The zero-order chi connectivity index (χ0) is 29.1. The standard InChI is InChI=1S/C32H42N4O5/c1-4-18-33-29(38)26-25-16-17-32(41-25)27(26)31(40)36(24(20-37)19-21-10-8-7-9-11-21)28(32)30(39)34-22-12-14-23(15-13-22)35(5-2)6-3/h7-15,24-28,37H,4-6,16-20H2,1-3H3,(H,33,38)(H,34,39)/t24-,25-,26+,27+,28?,32?/m1/s1. The van der Waals surface area contributed by atoms with Crippen molar-refractivity contribution in [1.29, 1.82) is 0 Å². The number of nitrogens with zero attached hydrogens (tertiary/aromatic N) is 2. The Morgan fingerprint density at radius 1 is 1.07 bits per heavy atom. The van der Waals surface area contributed by atoms with Crippen molar-refractivity contribution in [2.24, 2.45) is 11.8 Å². The Kier molecular flexibility index (Phi) is 8.66. The van der Waals surface area contributed by atoms with Crippen LogP contribution in [0.15, 0.2) is 54.6 Å². The van der Waals surface area contributed by atoms with Crippen molar-refractivity contribution >= 4 is 29.1 Å². The first kappa shape index (κ1) is 29.1. The van der Waals surface area contributed by atoms with Crippen LogP contribution < -0.4 is 15.5 Å². The van der Waals surface area contributed by atoms with E-state index in [-0.39, 0.29) is 24.3 Å². The Morgan fingerprint density at radius 2 is 1.78 bits per heavy atom. The number of fused-ring (bicyclic) bond motifs is 1. The molecule has 2 aromatic carbocycles. The summed E-state index contributed by atoms with van der Waals surface area (Å²) in [5.74, 6) is -2.29. The lowest BCUT2D eigenvalue weighted by molar-refractivity contribution is -0.144. The molecular formula is C32H42N4O5. The van der Waals surface area contributed by atoms with Gasteiger partial charge in [0.25, 0.3) is 0 Å². The van der Waals surface area contributed by atoms with E-state index in [2.05, 4.69) is 29.4 Å². The number of hydrogen-bond donors (Lipinski definition) is 3. The fourth-order valence-electron chi connectivity index (χ4n) is 7.14. The van der Waals surface area contributed by atoms with Gasteiger partial charge in [0.2, 0.25) is 17.7 Å². The van der Waals surface area contributed by atoms with Crippen LogP contribution in [0, 0.1) is 11.8 Å². The number of anilines is 2. The number of ether oxygens (including phenoxy) is 1. The first-order valence-corrected chi connectivity index (χ1v) is 15.0. The second-order valence-electron chi connectivity index (χ2n) is 11.3. The van der Waals surface area contributed by atoms with E-state index >= 15 is 0 Å². The molecule has 2 aromatic rings. The predicted octanol–water partition coefficient (Wildman–Crippen LogP) is 2.98. The van der Waals surface area contributed by atoms with E-state index in [4.69, 9.17) is 4.74 Å². The number of amides is 3.